The van der Waals surface area contributed by atoms with Gasteiger partial charge in [0.2, 0.25) is 0 Å². The lowest BCUT2D eigenvalue weighted by Gasteiger charge is -2.37. The van der Waals surface area contributed by atoms with E-state index in [1.165, 1.54) is 23.0 Å². The van der Waals surface area contributed by atoms with Crippen LogP contribution in [-0.4, -0.2) is 66.5 Å². The van der Waals surface area contributed by atoms with E-state index in [1.54, 1.807) is 34.3 Å². The fraction of sp³-hybridized carbons (Fsp3) is 0.375. The molecule has 3 aromatic rings. The Morgan fingerprint density at radius 2 is 1.86 bits per heavy atom. The average Bonchev–Trinajstić information content (AvgIpc) is 3.56. The maximum Gasteiger partial charge on any atom is 0.274 e. The van der Waals surface area contributed by atoms with Crippen LogP contribution in [0.2, 0.25) is 0 Å². The number of halogens is 2. The average molecular weight is 480 g/mol. The second-order valence-corrected chi connectivity index (χ2v) is 9.11. The molecule has 5 heterocycles. The van der Waals surface area contributed by atoms with Crippen LogP contribution in [0.25, 0.3) is 5.69 Å². The standard InChI is InChI=1S/C24H22F2N6O3/c25-16-10-15(11-17(26)12-16)19-3-4-21-31(19)23(34)24(35-21)5-8-30(9-6-24)22(33)20-14-28-29-32(20)18-2-1-7-27-13-18/h1-2,7,10-14,19,21H,3-6,8-9H2/t19-,21+/m0/s1. The van der Waals surface area contributed by atoms with Crippen LogP contribution in [-0.2, 0) is 9.53 Å². The molecule has 3 saturated heterocycles. The van der Waals surface area contributed by atoms with Crippen molar-refractivity contribution in [2.75, 3.05) is 13.1 Å². The van der Waals surface area contributed by atoms with Crippen LogP contribution < -0.4 is 0 Å². The Bertz CT molecular complexity index is 1270. The Balaban J connectivity index is 1.18. The topological polar surface area (TPSA) is 93.4 Å². The van der Waals surface area contributed by atoms with E-state index in [1.807, 2.05) is 0 Å². The molecule has 2 amide bonds. The second kappa shape index (κ2) is 8.19. The summed E-state index contributed by atoms with van der Waals surface area (Å²) >= 11 is 0. The van der Waals surface area contributed by atoms with Crippen molar-refractivity contribution in [2.45, 2.75) is 43.6 Å². The first-order valence-electron chi connectivity index (χ1n) is 11.5. The summed E-state index contributed by atoms with van der Waals surface area (Å²) in [5.74, 6) is -1.76. The third kappa shape index (κ3) is 3.57. The summed E-state index contributed by atoms with van der Waals surface area (Å²) in [7, 11) is 0. The molecule has 6 rings (SSSR count). The number of hydrogen-bond donors (Lipinski definition) is 0. The molecular formula is C24H22F2N6O3. The number of carbonyl (C=O) groups is 2. The molecule has 0 bridgehead atoms. The Kier molecular flexibility index (Phi) is 5.10. The molecule has 1 spiro atoms. The first kappa shape index (κ1) is 21.8. The van der Waals surface area contributed by atoms with Crippen LogP contribution in [0.3, 0.4) is 0 Å². The van der Waals surface area contributed by atoms with Crippen LogP contribution in [0.15, 0.2) is 48.9 Å². The van der Waals surface area contributed by atoms with Gasteiger partial charge < -0.3 is 14.5 Å². The minimum absolute atomic E-state index is 0.177. The minimum Gasteiger partial charge on any atom is -0.342 e. The molecule has 2 aromatic heterocycles. The van der Waals surface area contributed by atoms with Crippen LogP contribution in [0.5, 0.6) is 0 Å². The first-order chi connectivity index (χ1) is 16.9. The number of rotatable bonds is 3. The van der Waals surface area contributed by atoms with Gasteiger partial charge in [-0.25, -0.2) is 13.5 Å². The molecular weight excluding hydrogens is 458 g/mol. The number of hydrogen-bond acceptors (Lipinski definition) is 6. The van der Waals surface area contributed by atoms with Gasteiger partial charge in [-0.15, -0.1) is 5.10 Å². The lowest BCUT2D eigenvalue weighted by atomic mass is 9.89. The first-order valence-corrected chi connectivity index (χ1v) is 11.5. The predicted octanol–water partition coefficient (Wildman–Crippen LogP) is 2.64. The lowest BCUT2D eigenvalue weighted by Crippen LogP contribution is -2.51. The maximum absolute atomic E-state index is 13.8. The number of fused-ring (bicyclic) bond motifs is 1. The van der Waals surface area contributed by atoms with E-state index in [9.17, 15) is 18.4 Å². The Morgan fingerprint density at radius 1 is 1.09 bits per heavy atom. The van der Waals surface area contributed by atoms with Crippen LogP contribution in [0.4, 0.5) is 8.78 Å². The third-order valence-electron chi connectivity index (χ3n) is 7.11. The molecule has 3 aliphatic heterocycles. The largest absolute Gasteiger partial charge is 0.342 e. The SMILES string of the molecule is O=C(c1cnnn1-c1cccnc1)N1CCC2(CC1)O[C@@H]1CC[C@@H](c3cc(F)cc(F)c3)N1C2=O. The highest BCUT2D eigenvalue weighted by atomic mass is 19.1. The molecule has 9 nitrogen and oxygen atoms in total. The van der Waals surface area contributed by atoms with E-state index in [2.05, 4.69) is 15.3 Å². The number of piperidine rings is 1. The number of benzene rings is 1. The van der Waals surface area contributed by atoms with Crippen LogP contribution in [0, 0.1) is 11.6 Å². The number of ether oxygens (including phenoxy) is 1. The van der Waals surface area contributed by atoms with Gasteiger partial charge in [-0.3, -0.25) is 14.6 Å². The number of nitrogens with zero attached hydrogens (tertiary/aromatic N) is 6. The fourth-order valence-electron chi connectivity index (χ4n) is 5.42. The summed E-state index contributed by atoms with van der Waals surface area (Å²) in [5.41, 5.74) is 0.328. The zero-order chi connectivity index (χ0) is 24.2. The Morgan fingerprint density at radius 3 is 2.57 bits per heavy atom. The molecule has 11 heteroatoms. The second-order valence-electron chi connectivity index (χ2n) is 9.11. The summed E-state index contributed by atoms with van der Waals surface area (Å²) in [4.78, 5) is 34.1. The molecule has 0 N–H and O–H groups in total. The molecule has 35 heavy (non-hydrogen) atoms. The summed E-state index contributed by atoms with van der Waals surface area (Å²) < 4.78 is 35.3. The molecule has 0 saturated carbocycles. The molecule has 3 aliphatic rings. The maximum atomic E-state index is 13.8. The van der Waals surface area contributed by atoms with Gasteiger partial charge in [-0.1, -0.05) is 5.21 Å². The van der Waals surface area contributed by atoms with E-state index in [-0.39, 0.29) is 11.8 Å². The lowest BCUT2D eigenvalue weighted by molar-refractivity contribution is -0.142. The van der Waals surface area contributed by atoms with E-state index < -0.39 is 29.5 Å². The number of likely N-dealkylation sites (tertiary alicyclic amines) is 1. The predicted molar refractivity (Wildman–Crippen MR) is 117 cm³/mol. The fourth-order valence-corrected chi connectivity index (χ4v) is 5.42. The van der Waals surface area contributed by atoms with Gasteiger partial charge in [-0.2, -0.15) is 0 Å². The highest BCUT2D eigenvalue weighted by Crippen LogP contribution is 2.47. The van der Waals surface area contributed by atoms with Gasteiger partial charge in [0.05, 0.1) is 24.1 Å². The molecule has 1 aromatic carbocycles. The molecule has 2 atom stereocenters. The van der Waals surface area contributed by atoms with Crippen molar-refractivity contribution in [2.24, 2.45) is 0 Å². The number of pyridine rings is 1. The zero-order valence-electron chi connectivity index (χ0n) is 18.7. The minimum atomic E-state index is -1.03. The number of amides is 2. The zero-order valence-corrected chi connectivity index (χ0v) is 18.7. The molecule has 3 fully saturated rings. The van der Waals surface area contributed by atoms with E-state index >= 15 is 0 Å². The Hall–Kier alpha value is -3.73. The monoisotopic (exact) mass is 480 g/mol. The van der Waals surface area contributed by atoms with Crippen molar-refractivity contribution in [3.63, 3.8) is 0 Å². The number of aromatic nitrogens is 4. The quantitative estimate of drug-likeness (QED) is 0.572. The van der Waals surface area contributed by atoms with Crippen molar-refractivity contribution in [1.29, 1.82) is 0 Å². The van der Waals surface area contributed by atoms with Gasteiger partial charge in [0, 0.05) is 38.2 Å². The smallest absolute Gasteiger partial charge is 0.274 e. The summed E-state index contributed by atoms with van der Waals surface area (Å²) in [6.07, 6.45) is 6.04. The molecule has 0 aliphatic carbocycles. The van der Waals surface area contributed by atoms with Gasteiger partial charge in [0.25, 0.3) is 11.8 Å². The van der Waals surface area contributed by atoms with E-state index in [4.69, 9.17) is 4.74 Å². The van der Waals surface area contributed by atoms with Gasteiger partial charge in [0.1, 0.15) is 17.9 Å². The van der Waals surface area contributed by atoms with Gasteiger partial charge in [0.15, 0.2) is 11.3 Å². The van der Waals surface area contributed by atoms with Crippen LogP contribution >= 0.6 is 0 Å². The summed E-state index contributed by atoms with van der Waals surface area (Å²) in [5, 5.41) is 7.90. The summed E-state index contributed by atoms with van der Waals surface area (Å²) in [6.45, 7) is 0.644. The molecule has 180 valence electrons. The third-order valence-corrected chi connectivity index (χ3v) is 7.11. The van der Waals surface area contributed by atoms with Crippen molar-refractivity contribution in [3.05, 3.63) is 71.8 Å². The normalized spacial score (nSPS) is 23.2. The summed E-state index contributed by atoms with van der Waals surface area (Å²) in [6, 6.07) is 6.46. The highest BCUT2D eigenvalue weighted by Gasteiger charge is 2.58. The van der Waals surface area contributed by atoms with Gasteiger partial charge >= 0.3 is 0 Å². The van der Waals surface area contributed by atoms with Gasteiger partial charge in [-0.05, 0) is 42.7 Å². The number of carbonyl (C=O) groups excluding carboxylic acids is 2. The highest BCUT2D eigenvalue weighted by molar-refractivity contribution is 5.93. The van der Waals surface area contributed by atoms with E-state index in [0.717, 1.165) is 6.07 Å². The van der Waals surface area contributed by atoms with E-state index in [0.29, 0.717) is 55.7 Å². The van der Waals surface area contributed by atoms with Crippen molar-refractivity contribution in [3.8, 4) is 5.69 Å². The van der Waals surface area contributed by atoms with Crippen molar-refractivity contribution in [1.82, 2.24) is 29.8 Å². The molecule has 0 radical (unpaired) electrons. The molecule has 0 unspecified atom stereocenters. The van der Waals surface area contributed by atoms with Crippen molar-refractivity contribution >= 4 is 11.8 Å². The Labute approximate surface area is 199 Å². The van der Waals surface area contributed by atoms with Crippen LogP contribution in [0.1, 0.15) is 47.8 Å². The van der Waals surface area contributed by atoms with Crippen molar-refractivity contribution < 1.29 is 23.1 Å².